The van der Waals surface area contributed by atoms with E-state index in [1.165, 1.54) is 12.1 Å². The molecule has 0 aliphatic rings. The van der Waals surface area contributed by atoms with Crippen LogP contribution in [0.15, 0.2) is 41.3 Å². The van der Waals surface area contributed by atoms with Gasteiger partial charge in [-0.2, -0.15) is 0 Å². The molecule has 6 heteroatoms. The molecule has 0 aliphatic carbocycles. The van der Waals surface area contributed by atoms with Crippen LogP contribution in [0.4, 0.5) is 14.5 Å². The fraction of sp³-hybridized carbons (Fsp3) is 0.143. The van der Waals surface area contributed by atoms with Gasteiger partial charge < -0.3 is 5.73 Å². The minimum atomic E-state index is -3.74. The molecule has 106 valence electrons. The largest absolute Gasteiger partial charge is 0.398 e. The Balaban J connectivity index is 2.44. The summed E-state index contributed by atoms with van der Waals surface area (Å²) < 4.78 is 51.0. The quantitative estimate of drug-likeness (QED) is 0.886. The molecule has 0 atom stereocenters. The van der Waals surface area contributed by atoms with E-state index in [0.29, 0.717) is 17.3 Å². The fourth-order valence-corrected chi connectivity index (χ4v) is 3.56. The molecule has 0 unspecified atom stereocenters. The molecule has 0 amide bonds. The summed E-state index contributed by atoms with van der Waals surface area (Å²) in [6, 6.07) is 7.35. The van der Waals surface area contributed by atoms with Gasteiger partial charge in [-0.3, -0.25) is 0 Å². The molecule has 0 bridgehead atoms. The summed E-state index contributed by atoms with van der Waals surface area (Å²) in [5.74, 6) is -2.16. The van der Waals surface area contributed by atoms with Gasteiger partial charge in [0.2, 0.25) is 0 Å². The second kappa shape index (κ2) is 5.20. The topological polar surface area (TPSA) is 60.2 Å². The van der Waals surface area contributed by atoms with Crippen LogP contribution in [0, 0.1) is 18.6 Å². The van der Waals surface area contributed by atoms with E-state index in [4.69, 9.17) is 5.73 Å². The number of nitrogen functional groups attached to an aromatic ring is 1. The Hall–Kier alpha value is -1.95. The minimum Gasteiger partial charge on any atom is -0.398 e. The standard InChI is InChI=1S/C14H13F2NO2S/c1-9-13(17)3-2-4-14(9)20(18,19)8-10-5-6-11(15)7-12(10)16/h2-7H,8,17H2,1H3. The van der Waals surface area contributed by atoms with Crippen LogP contribution in [0.25, 0.3) is 0 Å². The van der Waals surface area contributed by atoms with Crippen LogP contribution in [-0.2, 0) is 15.6 Å². The summed E-state index contributed by atoms with van der Waals surface area (Å²) in [7, 11) is -3.74. The Labute approximate surface area is 116 Å². The van der Waals surface area contributed by atoms with E-state index in [0.717, 1.165) is 12.1 Å². The number of nitrogens with two attached hydrogens (primary N) is 1. The van der Waals surface area contributed by atoms with Crippen molar-refractivity contribution in [2.45, 2.75) is 17.6 Å². The number of benzene rings is 2. The molecule has 3 nitrogen and oxygen atoms in total. The van der Waals surface area contributed by atoms with Crippen molar-refractivity contribution < 1.29 is 17.2 Å². The summed E-state index contributed by atoms with van der Waals surface area (Å²) >= 11 is 0. The summed E-state index contributed by atoms with van der Waals surface area (Å²) in [4.78, 5) is 0.0567. The van der Waals surface area contributed by atoms with Crippen LogP contribution >= 0.6 is 0 Å². The van der Waals surface area contributed by atoms with Crippen LogP contribution < -0.4 is 5.73 Å². The lowest BCUT2D eigenvalue weighted by Gasteiger charge is -2.10. The van der Waals surface area contributed by atoms with E-state index in [9.17, 15) is 17.2 Å². The number of rotatable bonds is 3. The van der Waals surface area contributed by atoms with Crippen LogP contribution in [0.1, 0.15) is 11.1 Å². The molecule has 0 radical (unpaired) electrons. The van der Waals surface area contributed by atoms with Gasteiger partial charge in [-0.05, 0) is 30.7 Å². The maximum atomic E-state index is 13.5. The lowest BCUT2D eigenvalue weighted by atomic mass is 10.2. The van der Waals surface area contributed by atoms with Crippen molar-refractivity contribution in [2.75, 3.05) is 5.73 Å². The van der Waals surface area contributed by atoms with E-state index >= 15 is 0 Å². The zero-order valence-electron chi connectivity index (χ0n) is 10.7. The number of halogens is 2. The smallest absolute Gasteiger partial charge is 0.182 e. The van der Waals surface area contributed by atoms with Gasteiger partial charge in [-0.1, -0.05) is 12.1 Å². The predicted molar refractivity (Wildman–Crippen MR) is 72.8 cm³/mol. The molecular formula is C14H13F2NO2S. The summed E-state index contributed by atoms with van der Waals surface area (Å²) in [5.41, 5.74) is 6.38. The van der Waals surface area contributed by atoms with Gasteiger partial charge >= 0.3 is 0 Å². The first kappa shape index (κ1) is 14.5. The summed E-state index contributed by atoms with van der Waals surface area (Å²) in [6.45, 7) is 1.59. The number of anilines is 1. The molecule has 0 saturated carbocycles. The summed E-state index contributed by atoms with van der Waals surface area (Å²) in [6.07, 6.45) is 0. The second-order valence-electron chi connectivity index (χ2n) is 4.47. The fourth-order valence-electron chi connectivity index (χ4n) is 1.89. The molecule has 2 aromatic carbocycles. The third-order valence-corrected chi connectivity index (χ3v) is 4.83. The van der Waals surface area contributed by atoms with Gasteiger partial charge in [0.1, 0.15) is 11.6 Å². The molecule has 0 heterocycles. The lowest BCUT2D eigenvalue weighted by molar-refractivity contribution is 0.569. The Kier molecular flexibility index (Phi) is 3.76. The molecular weight excluding hydrogens is 284 g/mol. The normalized spacial score (nSPS) is 11.6. The number of sulfone groups is 1. The highest BCUT2D eigenvalue weighted by Crippen LogP contribution is 2.25. The van der Waals surface area contributed by atoms with Gasteiger partial charge in [-0.15, -0.1) is 0 Å². The summed E-state index contributed by atoms with van der Waals surface area (Å²) in [5, 5.41) is 0. The van der Waals surface area contributed by atoms with Crippen molar-refractivity contribution in [2.24, 2.45) is 0 Å². The Morgan fingerprint density at radius 1 is 1.15 bits per heavy atom. The minimum absolute atomic E-state index is 0.0567. The molecule has 2 aromatic rings. The van der Waals surface area contributed by atoms with Crippen LogP contribution in [0.2, 0.25) is 0 Å². The van der Waals surface area contributed by atoms with E-state index in [2.05, 4.69) is 0 Å². The number of hydrogen-bond acceptors (Lipinski definition) is 3. The SMILES string of the molecule is Cc1c(N)cccc1S(=O)(=O)Cc1ccc(F)cc1F. The highest BCUT2D eigenvalue weighted by Gasteiger charge is 2.20. The monoisotopic (exact) mass is 297 g/mol. The van der Waals surface area contributed by atoms with Crippen molar-refractivity contribution in [1.29, 1.82) is 0 Å². The molecule has 0 saturated heterocycles. The molecule has 2 N–H and O–H groups in total. The van der Waals surface area contributed by atoms with Crippen molar-refractivity contribution >= 4 is 15.5 Å². The molecule has 20 heavy (non-hydrogen) atoms. The van der Waals surface area contributed by atoms with Crippen molar-refractivity contribution in [1.82, 2.24) is 0 Å². The van der Waals surface area contributed by atoms with E-state index in [-0.39, 0.29) is 10.5 Å². The van der Waals surface area contributed by atoms with Gasteiger partial charge in [0.05, 0.1) is 10.6 Å². The molecule has 0 spiro atoms. The molecule has 0 aliphatic heterocycles. The molecule has 0 aromatic heterocycles. The van der Waals surface area contributed by atoms with E-state index < -0.39 is 27.2 Å². The van der Waals surface area contributed by atoms with Crippen LogP contribution in [0.5, 0.6) is 0 Å². The first-order chi connectivity index (χ1) is 9.31. The average molecular weight is 297 g/mol. The first-order valence-corrected chi connectivity index (χ1v) is 7.48. The average Bonchev–Trinajstić information content (AvgIpc) is 2.36. The third-order valence-electron chi connectivity index (χ3n) is 3.02. The Morgan fingerprint density at radius 3 is 2.50 bits per heavy atom. The van der Waals surface area contributed by atoms with Gasteiger partial charge in [0.15, 0.2) is 9.84 Å². The van der Waals surface area contributed by atoms with E-state index in [1.807, 2.05) is 0 Å². The lowest BCUT2D eigenvalue weighted by Crippen LogP contribution is -2.09. The van der Waals surface area contributed by atoms with Gasteiger partial charge in [0.25, 0.3) is 0 Å². The first-order valence-electron chi connectivity index (χ1n) is 5.83. The maximum absolute atomic E-state index is 13.5. The van der Waals surface area contributed by atoms with Crippen molar-refractivity contribution in [3.8, 4) is 0 Å². The van der Waals surface area contributed by atoms with Crippen LogP contribution in [0.3, 0.4) is 0 Å². The zero-order chi connectivity index (χ0) is 14.9. The maximum Gasteiger partial charge on any atom is 0.182 e. The Bertz CT molecular complexity index is 758. The molecule has 0 fully saturated rings. The van der Waals surface area contributed by atoms with Crippen molar-refractivity contribution in [3.63, 3.8) is 0 Å². The van der Waals surface area contributed by atoms with Gasteiger partial charge in [0, 0.05) is 17.3 Å². The Morgan fingerprint density at radius 2 is 1.85 bits per heavy atom. The van der Waals surface area contributed by atoms with E-state index in [1.54, 1.807) is 13.0 Å². The highest BCUT2D eigenvalue weighted by atomic mass is 32.2. The zero-order valence-corrected chi connectivity index (χ0v) is 11.5. The van der Waals surface area contributed by atoms with Gasteiger partial charge in [-0.25, -0.2) is 17.2 Å². The molecule has 2 rings (SSSR count). The third kappa shape index (κ3) is 2.80. The second-order valence-corrected chi connectivity index (χ2v) is 6.42. The predicted octanol–water partition coefficient (Wildman–Crippen LogP) is 2.83. The van der Waals surface area contributed by atoms with Crippen LogP contribution in [-0.4, -0.2) is 8.42 Å². The van der Waals surface area contributed by atoms with Crippen molar-refractivity contribution in [3.05, 3.63) is 59.2 Å². The number of hydrogen-bond donors (Lipinski definition) is 1. The highest BCUT2D eigenvalue weighted by molar-refractivity contribution is 7.90.